The fourth-order valence-corrected chi connectivity index (χ4v) is 3.83. The van der Waals surface area contributed by atoms with E-state index >= 15 is 0 Å². The van der Waals surface area contributed by atoms with Crippen molar-refractivity contribution in [3.63, 3.8) is 0 Å². The molecule has 1 unspecified atom stereocenters. The fourth-order valence-electron chi connectivity index (χ4n) is 3.27. The van der Waals surface area contributed by atoms with Gasteiger partial charge in [0.15, 0.2) is 6.23 Å². The monoisotopic (exact) mass is 519 g/mol. The second-order valence-corrected chi connectivity index (χ2v) is 6.98. The third kappa shape index (κ3) is 3.41. The van der Waals surface area contributed by atoms with Gasteiger partial charge in [0.1, 0.15) is 65.4 Å². The van der Waals surface area contributed by atoms with Crippen molar-refractivity contribution in [2.24, 2.45) is 0 Å². The van der Waals surface area contributed by atoms with Crippen LogP contribution in [0.4, 0.5) is 10.2 Å². The van der Waals surface area contributed by atoms with Gasteiger partial charge in [-0.3, -0.25) is 4.57 Å². The predicted octanol–water partition coefficient (Wildman–Crippen LogP) is -2.74. The van der Waals surface area contributed by atoms with Crippen molar-refractivity contribution >= 4 is 28.8 Å². The van der Waals surface area contributed by atoms with Crippen molar-refractivity contribution in [3.05, 3.63) is 22.2 Å². The van der Waals surface area contributed by atoms with Crippen LogP contribution in [-0.2, 0) is 12.5 Å². The van der Waals surface area contributed by atoms with E-state index in [9.17, 15) is 29.6 Å². The third-order valence-corrected chi connectivity index (χ3v) is 5.37. The van der Waals surface area contributed by atoms with E-state index in [1.165, 1.54) is 23.0 Å². The van der Waals surface area contributed by atoms with Crippen LogP contribution in [0.5, 0.6) is 0 Å². The Bertz CT molecular complexity index is 781. The van der Waals surface area contributed by atoms with Crippen LogP contribution in [0.25, 0.3) is 0 Å². The van der Waals surface area contributed by atoms with Gasteiger partial charge in [0.05, 0.1) is 13.2 Å². The van der Waals surface area contributed by atoms with E-state index in [1.54, 1.807) is 0 Å². The molecule has 8 atom stereocenters. The van der Waals surface area contributed by atoms with Crippen molar-refractivity contribution < 1.29 is 42.5 Å². The van der Waals surface area contributed by atoms with E-state index in [0.717, 1.165) is 6.20 Å². The van der Waals surface area contributed by atoms with Crippen LogP contribution >= 0.6 is 23.0 Å². The molecule has 158 valence electrons. The molecule has 2 aliphatic rings. The maximum atomic E-state index is 14.6. The first-order chi connectivity index (χ1) is 13.2. The molecular weight excluding hydrogens is 500 g/mol. The number of aliphatic hydroxyl groups is 5. The Balaban J connectivity index is 2.04. The molecule has 3 heterocycles. The van der Waals surface area contributed by atoms with E-state index in [0.29, 0.717) is 4.57 Å². The molecule has 0 bridgehead atoms. The Kier molecular flexibility index (Phi) is 6.23. The summed E-state index contributed by atoms with van der Waals surface area (Å²) in [4.78, 5) is 15.8. The molecule has 0 aliphatic carbocycles. The zero-order valence-electron chi connectivity index (χ0n) is 14.1. The molecule has 0 aromatic carbocycles. The number of rotatable bonds is 5. The first kappa shape index (κ1) is 21.7. The predicted molar refractivity (Wildman–Crippen MR) is 95.6 cm³/mol. The lowest BCUT2D eigenvalue weighted by Gasteiger charge is -2.25. The van der Waals surface area contributed by atoms with Gasteiger partial charge in [-0.1, -0.05) is 0 Å². The normalized spacial score (nSPS) is 40.9. The second kappa shape index (κ2) is 8.04. The first-order valence-corrected chi connectivity index (χ1v) is 9.01. The smallest absolute Gasteiger partial charge is 0.351 e. The fraction of sp³-hybridized carbons (Fsp3) is 0.714. The molecule has 2 aliphatic heterocycles. The van der Waals surface area contributed by atoms with Gasteiger partial charge in [0, 0.05) is 11.8 Å². The lowest BCUT2D eigenvalue weighted by molar-refractivity contribution is -0.197. The van der Waals surface area contributed by atoms with Gasteiger partial charge in [0.25, 0.3) is 5.85 Å². The molecule has 1 aromatic rings. The largest absolute Gasteiger partial charge is 0.394 e. The molecule has 14 heteroatoms. The highest BCUT2D eigenvalue weighted by Crippen LogP contribution is 2.41. The van der Waals surface area contributed by atoms with E-state index in [2.05, 4.69) is 4.98 Å². The Morgan fingerprint density at radius 1 is 1.32 bits per heavy atom. The van der Waals surface area contributed by atoms with E-state index in [4.69, 9.17) is 23.4 Å². The molecule has 0 saturated carbocycles. The highest BCUT2D eigenvalue weighted by atomic mass is 127. The number of aliphatic hydroxyl groups excluding tert-OH is 4. The maximum absolute atomic E-state index is 14.6. The molecule has 2 fully saturated rings. The number of aromatic nitrogens is 2. The number of hydrogen-bond acceptors (Lipinski definition) is 11. The van der Waals surface area contributed by atoms with Gasteiger partial charge in [-0.2, -0.15) is 4.98 Å². The van der Waals surface area contributed by atoms with Crippen molar-refractivity contribution in [2.45, 2.75) is 48.7 Å². The summed E-state index contributed by atoms with van der Waals surface area (Å²) in [7, 11) is 0. The summed E-state index contributed by atoms with van der Waals surface area (Å²) in [6.07, 6.45) is -8.97. The minimum absolute atomic E-state index is 0.00222. The Labute approximate surface area is 171 Å². The van der Waals surface area contributed by atoms with Crippen molar-refractivity contribution in [2.75, 3.05) is 18.9 Å². The minimum atomic E-state index is -3.41. The summed E-state index contributed by atoms with van der Waals surface area (Å²) in [5.41, 5.74) is 4.67. The maximum Gasteiger partial charge on any atom is 0.351 e. The van der Waals surface area contributed by atoms with Crippen LogP contribution in [-0.4, -0.2) is 84.7 Å². The zero-order chi connectivity index (χ0) is 20.8. The Morgan fingerprint density at radius 2 is 1.96 bits per heavy atom. The number of ether oxygens (including phenoxy) is 2. The number of anilines is 1. The standard InChI is InChI=1S/C14H19FIN3O9/c15-14(25)10(23)6(3-21)27-12(14)19-1-4(11(17)18-13(19)24)8-9(28-16)7(22)5(2-20)26-8/h1,5-10,12,20-23,25H,2-3H2,(H2,17,18,24)/t5-,6-,7-,8?,9+,10-,12-,14-/m1/s1. The van der Waals surface area contributed by atoms with Crippen LogP contribution in [0.3, 0.4) is 0 Å². The first-order valence-electron chi connectivity index (χ1n) is 8.13. The summed E-state index contributed by atoms with van der Waals surface area (Å²) in [6.45, 7) is -1.34. The number of halogens is 2. The molecular formula is C14H19FIN3O9. The topological polar surface area (TPSA) is 190 Å². The molecule has 7 N–H and O–H groups in total. The number of hydrogen-bond donors (Lipinski definition) is 6. The molecule has 0 radical (unpaired) electrons. The average molecular weight is 519 g/mol. The van der Waals surface area contributed by atoms with E-state index in [-0.39, 0.29) is 11.4 Å². The number of nitrogen functional groups attached to an aromatic ring is 1. The van der Waals surface area contributed by atoms with Crippen molar-refractivity contribution in [3.8, 4) is 0 Å². The molecule has 0 spiro atoms. The van der Waals surface area contributed by atoms with Gasteiger partial charge in [-0.15, -0.1) is 0 Å². The summed E-state index contributed by atoms with van der Waals surface area (Å²) in [5.74, 6) is -3.72. The Hall–Kier alpha value is -0.980. The summed E-state index contributed by atoms with van der Waals surface area (Å²) in [5, 5.41) is 48.3. The van der Waals surface area contributed by atoms with Gasteiger partial charge < -0.3 is 43.8 Å². The molecule has 12 nitrogen and oxygen atoms in total. The molecule has 1 aromatic heterocycles. The molecule has 28 heavy (non-hydrogen) atoms. The van der Waals surface area contributed by atoms with Gasteiger partial charge in [0.2, 0.25) is 0 Å². The van der Waals surface area contributed by atoms with Crippen molar-refractivity contribution in [1.82, 2.24) is 9.55 Å². The zero-order valence-corrected chi connectivity index (χ0v) is 16.3. The van der Waals surface area contributed by atoms with Gasteiger partial charge in [-0.05, 0) is 0 Å². The van der Waals surface area contributed by atoms with E-state index in [1.807, 2.05) is 0 Å². The quantitative estimate of drug-likeness (QED) is 0.222. The second-order valence-electron chi connectivity index (χ2n) is 6.48. The summed E-state index contributed by atoms with van der Waals surface area (Å²) < 4.78 is 30.9. The molecule has 3 rings (SSSR count). The van der Waals surface area contributed by atoms with Crippen molar-refractivity contribution in [1.29, 1.82) is 0 Å². The summed E-state index contributed by atoms with van der Waals surface area (Å²) in [6, 6.07) is 0. The Morgan fingerprint density at radius 3 is 2.50 bits per heavy atom. The minimum Gasteiger partial charge on any atom is -0.394 e. The van der Waals surface area contributed by atoms with Crippen LogP contribution < -0.4 is 11.4 Å². The number of nitrogens with zero attached hydrogens (tertiary/aromatic N) is 2. The number of alkyl halides is 1. The number of nitrogens with two attached hydrogens (primary N) is 1. The van der Waals surface area contributed by atoms with Crippen LogP contribution in [0.2, 0.25) is 0 Å². The van der Waals surface area contributed by atoms with Crippen LogP contribution in [0.1, 0.15) is 17.9 Å². The average Bonchev–Trinajstić information content (AvgIpc) is 3.09. The van der Waals surface area contributed by atoms with Crippen LogP contribution in [0, 0.1) is 0 Å². The highest BCUT2D eigenvalue weighted by molar-refractivity contribution is 14.1. The SMILES string of the molecule is Nc1nc(=O)n([C@@H]2O[C@H](CO)[C@@H](O)[C@]2(O)F)cc1C1O[C@H](CO)[C@@H](O)[C@@H]1OI. The van der Waals surface area contributed by atoms with Crippen LogP contribution in [0.15, 0.2) is 11.0 Å². The third-order valence-electron chi connectivity index (χ3n) is 4.79. The highest BCUT2D eigenvalue weighted by Gasteiger charge is 2.58. The van der Waals surface area contributed by atoms with Gasteiger partial charge >= 0.3 is 5.69 Å². The summed E-state index contributed by atoms with van der Waals surface area (Å²) >= 11 is 1.52. The lowest BCUT2D eigenvalue weighted by Crippen LogP contribution is -2.45. The van der Waals surface area contributed by atoms with Gasteiger partial charge in [-0.25, -0.2) is 9.18 Å². The van der Waals surface area contributed by atoms with E-state index < -0.39 is 67.6 Å². The molecule has 0 amide bonds. The lowest BCUT2D eigenvalue weighted by atomic mass is 10.0. The molecule has 2 saturated heterocycles.